The summed E-state index contributed by atoms with van der Waals surface area (Å²) in [6.07, 6.45) is 13.1. The second kappa shape index (κ2) is 11.2. The number of hydrogen-bond donors (Lipinski definition) is 0. The van der Waals surface area contributed by atoms with Crippen LogP contribution in [0.15, 0.2) is 145 Å². The van der Waals surface area contributed by atoms with E-state index >= 15 is 0 Å². The molecule has 4 aromatic rings. The van der Waals surface area contributed by atoms with E-state index in [4.69, 9.17) is 4.74 Å². The molecule has 0 N–H and O–H groups in total. The maximum atomic E-state index is 6.14. The molecule has 1 aliphatic heterocycles. The molecule has 2 aliphatic rings. The van der Waals surface area contributed by atoms with Crippen molar-refractivity contribution in [1.29, 1.82) is 0 Å². The van der Waals surface area contributed by atoms with Gasteiger partial charge in [0.25, 0.3) is 0 Å². The number of anilines is 2. The largest absolute Gasteiger partial charge is 0.461 e. The Bertz CT molecular complexity index is 1750. The lowest BCUT2D eigenvalue weighted by atomic mass is 9.82. The Morgan fingerprint density at radius 2 is 1.55 bits per heavy atom. The first kappa shape index (κ1) is 27.4. The molecule has 0 aromatic heterocycles. The molecule has 1 heterocycles. The number of benzene rings is 4. The molecule has 208 valence electrons. The minimum Gasteiger partial charge on any atom is -0.461 e. The Balaban J connectivity index is 1.43. The molecule has 4 aromatic carbocycles. The minimum absolute atomic E-state index is 0.0261. The summed E-state index contributed by atoms with van der Waals surface area (Å²) in [5, 5.41) is 0. The molecule has 0 bridgehead atoms. The molecular formula is C40H37NO. The lowest BCUT2D eigenvalue weighted by Crippen LogP contribution is -2.16. The summed E-state index contributed by atoms with van der Waals surface area (Å²) < 4.78 is 6.14. The monoisotopic (exact) mass is 547 g/mol. The molecule has 0 fully saturated rings. The van der Waals surface area contributed by atoms with Crippen LogP contribution in [0.2, 0.25) is 0 Å². The van der Waals surface area contributed by atoms with E-state index < -0.39 is 0 Å². The van der Waals surface area contributed by atoms with E-state index in [-0.39, 0.29) is 5.41 Å². The van der Waals surface area contributed by atoms with Gasteiger partial charge in [0.1, 0.15) is 11.5 Å². The summed E-state index contributed by atoms with van der Waals surface area (Å²) in [4.78, 5) is 2.34. The van der Waals surface area contributed by atoms with E-state index in [0.29, 0.717) is 0 Å². The molecule has 0 unspecified atom stereocenters. The minimum atomic E-state index is -0.0261. The number of fused-ring (bicyclic) bond motifs is 4. The van der Waals surface area contributed by atoms with Gasteiger partial charge in [-0.15, -0.1) is 0 Å². The summed E-state index contributed by atoms with van der Waals surface area (Å²) >= 11 is 0. The average molecular weight is 548 g/mol. The third kappa shape index (κ3) is 4.94. The highest BCUT2D eigenvalue weighted by atomic mass is 16.5. The van der Waals surface area contributed by atoms with Crippen molar-refractivity contribution < 1.29 is 4.74 Å². The van der Waals surface area contributed by atoms with E-state index in [2.05, 4.69) is 135 Å². The zero-order chi connectivity index (χ0) is 29.3. The lowest BCUT2D eigenvalue weighted by Gasteiger charge is -2.27. The van der Waals surface area contributed by atoms with Gasteiger partial charge in [0.2, 0.25) is 0 Å². The zero-order valence-electron chi connectivity index (χ0n) is 24.9. The number of nitrogens with zero attached hydrogens (tertiary/aromatic N) is 1. The van der Waals surface area contributed by atoms with Crippen molar-refractivity contribution in [2.24, 2.45) is 0 Å². The fourth-order valence-electron chi connectivity index (χ4n) is 6.26. The van der Waals surface area contributed by atoms with Crippen LogP contribution in [0, 0.1) is 0 Å². The highest BCUT2D eigenvalue weighted by Gasteiger charge is 2.35. The highest BCUT2D eigenvalue weighted by Crippen LogP contribution is 2.50. The fourth-order valence-corrected chi connectivity index (χ4v) is 6.26. The number of allylic oxidation sites excluding steroid dienone is 9. The molecule has 2 heteroatoms. The van der Waals surface area contributed by atoms with Gasteiger partial charge in [0.15, 0.2) is 0 Å². The second-order valence-electron chi connectivity index (χ2n) is 11.5. The van der Waals surface area contributed by atoms with Gasteiger partial charge < -0.3 is 9.64 Å². The molecule has 0 saturated heterocycles. The first-order valence-corrected chi connectivity index (χ1v) is 14.6. The van der Waals surface area contributed by atoms with Crippen molar-refractivity contribution in [2.75, 3.05) is 4.90 Å². The molecule has 0 amide bonds. The molecular weight excluding hydrogens is 510 g/mol. The Morgan fingerprint density at radius 1 is 0.833 bits per heavy atom. The van der Waals surface area contributed by atoms with E-state index in [1.165, 1.54) is 27.8 Å². The maximum absolute atomic E-state index is 6.14. The van der Waals surface area contributed by atoms with Crippen molar-refractivity contribution >= 4 is 16.9 Å². The van der Waals surface area contributed by atoms with Gasteiger partial charge in [-0.1, -0.05) is 105 Å². The third-order valence-corrected chi connectivity index (χ3v) is 8.37. The molecule has 2 nitrogen and oxygen atoms in total. The summed E-state index contributed by atoms with van der Waals surface area (Å²) in [6.45, 7) is 12.7. The van der Waals surface area contributed by atoms with Crippen LogP contribution in [0.5, 0.6) is 5.75 Å². The van der Waals surface area contributed by atoms with Crippen LogP contribution in [0.3, 0.4) is 0 Å². The van der Waals surface area contributed by atoms with Crippen LogP contribution in [0.4, 0.5) is 11.4 Å². The van der Waals surface area contributed by atoms with Crippen LogP contribution >= 0.6 is 0 Å². The van der Waals surface area contributed by atoms with Crippen LogP contribution in [0.25, 0.3) is 16.7 Å². The smallest absolute Gasteiger partial charge is 0.130 e. The van der Waals surface area contributed by atoms with Gasteiger partial charge in [0, 0.05) is 34.5 Å². The fraction of sp³-hybridized carbons (Fsp3) is 0.150. The molecule has 0 radical (unpaired) electrons. The van der Waals surface area contributed by atoms with Crippen molar-refractivity contribution in [2.45, 2.75) is 39.5 Å². The number of rotatable bonds is 7. The predicted octanol–water partition coefficient (Wildman–Crippen LogP) is 10.7. The first-order chi connectivity index (χ1) is 20.4. The summed E-state index contributed by atoms with van der Waals surface area (Å²) in [6, 6.07) is 32.8. The zero-order valence-corrected chi connectivity index (χ0v) is 24.9. The Hall–Kier alpha value is -4.82. The van der Waals surface area contributed by atoms with Crippen molar-refractivity contribution in [1.82, 2.24) is 0 Å². The van der Waals surface area contributed by atoms with Crippen molar-refractivity contribution in [3.8, 4) is 16.9 Å². The topological polar surface area (TPSA) is 12.5 Å². The van der Waals surface area contributed by atoms with Crippen molar-refractivity contribution in [3.63, 3.8) is 0 Å². The predicted molar refractivity (Wildman–Crippen MR) is 178 cm³/mol. The molecule has 6 rings (SSSR count). The third-order valence-electron chi connectivity index (χ3n) is 8.37. The number of para-hydroxylation sites is 1. The lowest BCUT2D eigenvalue weighted by molar-refractivity contribution is 0.446. The SMILES string of the molecule is C=C/C=C(\C=C/C)c1ccc(N(/C(C)=C/C=C2\Cc3ccccc3O2)c2ccc3c(c2)-c2ccccc2C3(C)C)cc1. The number of hydrogen-bond acceptors (Lipinski definition) is 2. The van der Waals surface area contributed by atoms with Gasteiger partial charge in [-0.05, 0) is 89.7 Å². The van der Waals surface area contributed by atoms with Gasteiger partial charge in [-0.25, -0.2) is 0 Å². The van der Waals surface area contributed by atoms with Gasteiger partial charge in [0.05, 0.1) is 0 Å². The quantitative estimate of drug-likeness (QED) is 0.213. The summed E-state index contributed by atoms with van der Waals surface area (Å²) in [5.74, 6) is 1.91. The average Bonchev–Trinajstić information content (AvgIpc) is 3.52. The van der Waals surface area contributed by atoms with Crippen LogP contribution in [-0.4, -0.2) is 0 Å². The van der Waals surface area contributed by atoms with Gasteiger partial charge >= 0.3 is 0 Å². The van der Waals surface area contributed by atoms with E-state index in [1.54, 1.807) is 0 Å². The van der Waals surface area contributed by atoms with Crippen LogP contribution in [-0.2, 0) is 11.8 Å². The summed E-state index contributed by atoms with van der Waals surface area (Å²) in [5.41, 5.74) is 12.2. The van der Waals surface area contributed by atoms with E-state index in [1.807, 2.05) is 31.2 Å². The molecule has 1 aliphatic carbocycles. The van der Waals surface area contributed by atoms with E-state index in [0.717, 1.165) is 46.1 Å². The number of ether oxygens (including phenoxy) is 1. The van der Waals surface area contributed by atoms with Crippen LogP contribution < -0.4 is 9.64 Å². The van der Waals surface area contributed by atoms with Crippen molar-refractivity contribution in [3.05, 3.63) is 168 Å². The molecule has 0 spiro atoms. The highest BCUT2D eigenvalue weighted by molar-refractivity contribution is 5.85. The normalized spacial score (nSPS) is 16.2. The van der Waals surface area contributed by atoms with E-state index in [9.17, 15) is 0 Å². The Labute approximate surface area is 250 Å². The van der Waals surface area contributed by atoms with Gasteiger partial charge in [-0.3, -0.25) is 0 Å². The second-order valence-corrected chi connectivity index (χ2v) is 11.5. The summed E-state index contributed by atoms with van der Waals surface area (Å²) in [7, 11) is 0. The molecule has 42 heavy (non-hydrogen) atoms. The standard InChI is InChI=1S/C40H37NO/c1-6-12-29(13-7-2)30-19-21-32(22-20-30)41(28(3)18-24-34-26-31-14-8-11-17-39(31)42-34)33-23-25-38-36(27-33)35-15-9-10-16-37(35)40(38,4)5/h6-25,27H,1,26H2,2-5H3/b13-7-,28-18+,29-12+,34-24+. The van der Waals surface area contributed by atoms with Crippen LogP contribution in [0.1, 0.15) is 49.9 Å². The molecule has 0 atom stereocenters. The molecule has 0 saturated carbocycles. The van der Waals surface area contributed by atoms with Gasteiger partial charge in [-0.2, -0.15) is 0 Å². The first-order valence-electron chi connectivity index (χ1n) is 14.6. The maximum Gasteiger partial charge on any atom is 0.130 e. The Kier molecular flexibility index (Phi) is 7.31. The Morgan fingerprint density at radius 3 is 2.31 bits per heavy atom.